The number of anilines is 1. The smallest absolute Gasteiger partial charge is 0.358 e. The van der Waals surface area contributed by atoms with Crippen LogP contribution in [0.3, 0.4) is 0 Å². The first-order valence-corrected chi connectivity index (χ1v) is 10.6. The molecule has 0 fully saturated rings. The minimum atomic E-state index is -3.91. The summed E-state index contributed by atoms with van der Waals surface area (Å²) in [5.74, 6) is -0.995. The Morgan fingerprint density at radius 1 is 1.17 bits per heavy atom. The zero-order valence-electron chi connectivity index (χ0n) is 15.5. The predicted octanol–water partition coefficient (Wildman–Crippen LogP) is 2.63. The Hall–Kier alpha value is -3.02. The molecule has 2 N–H and O–H groups in total. The molecule has 9 nitrogen and oxygen atoms in total. The Morgan fingerprint density at radius 2 is 1.90 bits per heavy atom. The number of thiazole rings is 1. The molecular weight excluding hydrogens is 418 g/mol. The average molecular weight is 435 g/mol. The first-order chi connectivity index (χ1) is 13.8. The summed E-state index contributed by atoms with van der Waals surface area (Å²) in [4.78, 5) is 27.5. The number of carbonyl (C=O) groups is 2. The fourth-order valence-electron chi connectivity index (χ4n) is 2.36. The first-order valence-electron chi connectivity index (χ1n) is 8.30. The van der Waals surface area contributed by atoms with Gasteiger partial charge in [-0.2, -0.15) is 0 Å². The molecule has 0 bridgehead atoms. The van der Waals surface area contributed by atoms with Gasteiger partial charge in [-0.3, -0.25) is 4.79 Å². The zero-order chi connectivity index (χ0) is 21.0. The molecule has 0 aliphatic carbocycles. The van der Waals surface area contributed by atoms with Gasteiger partial charge in [-0.1, -0.05) is 41.7 Å². The third-order valence-corrected chi connectivity index (χ3v) is 5.93. The van der Waals surface area contributed by atoms with Gasteiger partial charge in [0.25, 0.3) is 10.0 Å². The van der Waals surface area contributed by atoms with Gasteiger partial charge in [-0.05, 0) is 17.7 Å². The quantitative estimate of drug-likeness (QED) is 0.546. The Labute approximate surface area is 170 Å². The lowest BCUT2D eigenvalue weighted by Gasteiger charge is -2.04. The molecule has 0 aliphatic rings. The topological polar surface area (TPSA) is 128 Å². The molecule has 0 unspecified atom stereocenters. The van der Waals surface area contributed by atoms with E-state index in [-0.39, 0.29) is 39.0 Å². The summed E-state index contributed by atoms with van der Waals surface area (Å²) >= 11 is 0.966. The lowest BCUT2D eigenvalue weighted by molar-refractivity contribution is -0.114. The molecule has 1 aromatic carbocycles. The van der Waals surface area contributed by atoms with Crippen molar-refractivity contribution in [1.82, 2.24) is 9.71 Å². The van der Waals surface area contributed by atoms with Gasteiger partial charge in [-0.15, -0.1) is 0 Å². The van der Waals surface area contributed by atoms with Crippen LogP contribution in [0, 0.1) is 0 Å². The molecule has 29 heavy (non-hydrogen) atoms. The fraction of sp³-hybridized carbons (Fsp3) is 0.167. The molecule has 0 saturated heterocycles. The minimum absolute atomic E-state index is 0.0863. The van der Waals surface area contributed by atoms with Crippen LogP contribution in [0.5, 0.6) is 0 Å². The monoisotopic (exact) mass is 435 g/mol. The van der Waals surface area contributed by atoms with Gasteiger partial charge in [0, 0.05) is 13.5 Å². The second-order valence-corrected chi connectivity index (χ2v) is 8.50. The van der Waals surface area contributed by atoms with Crippen molar-refractivity contribution in [2.75, 3.05) is 12.4 Å². The van der Waals surface area contributed by atoms with Crippen LogP contribution in [-0.4, -0.2) is 32.4 Å². The van der Waals surface area contributed by atoms with Gasteiger partial charge >= 0.3 is 5.97 Å². The van der Waals surface area contributed by atoms with Crippen molar-refractivity contribution in [3.8, 4) is 10.6 Å². The van der Waals surface area contributed by atoms with Crippen molar-refractivity contribution in [1.29, 1.82) is 0 Å². The number of nitrogens with zero attached hydrogens (tertiary/aromatic N) is 1. The number of methoxy groups -OCH3 is 1. The zero-order valence-corrected chi connectivity index (χ0v) is 17.1. The van der Waals surface area contributed by atoms with Crippen LogP contribution < -0.4 is 10.0 Å². The number of rotatable bonds is 7. The summed E-state index contributed by atoms with van der Waals surface area (Å²) in [6.07, 6.45) is 0. The number of carbonyl (C=O) groups excluding carboxylic acids is 2. The van der Waals surface area contributed by atoms with Gasteiger partial charge in [0.05, 0.1) is 7.11 Å². The van der Waals surface area contributed by atoms with E-state index >= 15 is 0 Å². The normalized spacial score (nSPS) is 11.2. The highest BCUT2D eigenvalue weighted by molar-refractivity contribution is 7.89. The van der Waals surface area contributed by atoms with Crippen LogP contribution in [0.2, 0.25) is 0 Å². The van der Waals surface area contributed by atoms with Gasteiger partial charge in [0.2, 0.25) is 11.0 Å². The van der Waals surface area contributed by atoms with Crippen LogP contribution in [0.15, 0.2) is 52.0 Å². The van der Waals surface area contributed by atoms with Crippen molar-refractivity contribution < 1.29 is 27.2 Å². The highest BCUT2D eigenvalue weighted by atomic mass is 32.2. The van der Waals surface area contributed by atoms with Gasteiger partial charge < -0.3 is 14.5 Å². The molecule has 11 heteroatoms. The number of furan rings is 1. The van der Waals surface area contributed by atoms with Crippen molar-refractivity contribution >= 4 is 38.4 Å². The molecule has 0 spiro atoms. The van der Waals surface area contributed by atoms with Crippen molar-refractivity contribution in [2.24, 2.45) is 0 Å². The molecule has 0 saturated carbocycles. The van der Waals surface area contributed by atoms with Crippen LogP contribution >= 0.6 is 11.3 Å². The number of esters is 1. The van der Waals surface area contributed by atoms with Crippen molar-refractivity contribution in [3.05, 3.63) is 53.7 Å². The van der Waals surface area contributed by atoms with Crippen LogP contribution in [0.25, 0.3) is 10.6 Å². The number of sulfonamides is 1. The molecule has 3 rings (SSSR count). The number of benzene rings is 1. The van der Waals surface area contributed by atoms with E-state index < -0.39 is 16.0 Å². The molecule has 3 aromatic rings. The Morgan fingerprint density at radius 3 is 2.55 bits per heavy atom. The number of amides is 1. The van der Waals surface area contributed by atoms with Crippen LogP contribution in [-0.2, 0) is 26.1 Å². The molecule has 0 radical (unpaired) electrons. The Balaban J connectivity index is 1.87. The molecule has 2 heterocycles. The second kappa shape index (κ2) is 8.55. The van der Waals surface area contributed by atoms with Crippen LogP contribution in [0.4, 0.5) is 5.13 Å². The third kappa shape index (κ3) is 4.88. The third-order valence-electron chi connectivity index (χ3n) is 3.67. The van der Waals surface area contributed by atoms with E-state index in [1.54, 1.807) is 24.3 Å². The minimum Gasteiger partial charge on any atom is -0.464 e. The maximum atomic E-state index is 12.5. The molecule has 2 aromatic heterocycles. The summed E-state index contributed by atoms with van der Waals surface area (Å²) < 4.78 is 37.6. The molecule has 0 aliphatic heterocycles. The second-order valence-electron chi connectivity index (χ2n) is 5.80. The number of nitrogens with one attached hydrogen (secondary N) is 2. The SMILES string of the molecule is COC(=O)c1nc(NC(C)=O)sc1-c1ccc(S(=O)(=O)NCc2ccccc2)o1. The van der Waals surface area contributed by atoms with E-state index in [2.05, 4.69) is 15.0 Å². The van der Waals surface area contributed by atoms with E-state index in [9.17, 15) is 18.0 Å². The maximum Gasteiger partial charge on any atom is 0.358 e. The molecule has 152 valence electrons. The van der Waals surface area contributed by atoms with Gasteiger partial charge in [-0.25, -0.2) is 22.9 Å². The van der Waals surface area contributed by atoms with E-state index in [4.69, 9.17) is 9.15 Å². The van der Waals surface area contributed by atoms with E-state index in [1.165, 1.54) is 26.2 Å². The maximum absolute atomic E-state index is 12.5. The molecule has 0 atom stereocenters. The molecular formula is C18H17N3O6S2. The Bertz CT molecular complexity index is 1140. The van der Waals surface area contributed by atoms with E-state index in [1.807, 2.05) is 6.07 Å². The van der Waals surface area contributed by atoms with Crippen molar-refractivity contribution in [3.63, 3.8) is 0 Å². The van der Waals surface area contributed by atoms with E-state index in [0.29, 0.717) is 0 Å². The lowest BCUT2D eigenvalue weighted by atomic mass is 10.2. The molecule has 1 amide bonds. The van der Waals surface area contributed by atoms with Crippen molar-refractivity contribution in [2.45, 2.75) is 18.6 Å². The van der Waals surface area contributed by atoms with Crippen LogP contribution in [0.1, 0.15) is 23.0 Å². The fourth-order valence-corrected chi connectivity index (χ4v) is 4.26. The summed E-state index contributed by atoms with van der Waals surface area (Å²) in [5, 5.41) is 2.33. The highest BCUT2D eigenvalue weighted by Gasteiger charge is 2.25. The Kier molecular flexibility index (Phi) is 6.11. The summed E-state index contributed by atoms with van der Waals surface area (Å²) in [5.41, 5.74) is 0.704. The summed E-state index contributed by atoms with van der Waals surface area (Å²) in [6.45, 7) is 1.40. The van der Waals surface area contributed by atoms with Gasteiger partial charge in [0.15, 0.2) is 10.8 Å². The van der Waals surface area contributed by atoms with E-state index in [0.717, 1.165) is 16.9 Å². The largest absolute Gasteiger partial charge is 0.464 e. The predicted molar refractivity (Wildman–Crippen MR) is 106 cm³/mol. The number of hydrogen-bond donors (Lipinski definition) is 2. The lowest BCUT2D eigenvalue weighted by Crippen LogP contribution is -2.22. The average Bonchev–Trinajstić information content (AvgIpc) is 3.34. The standard InChI is InChI=1S/C18H17N3O6S2/c1-11(22)20-18-21-15(17(23)26-2)16(28-18)13-8-9-14(27-13)29(24,25)19-10-12-6-4-3-5-7-12/h3-9,19H,10H2,1-2H3,(H,20,21,22). The first kappa shape index (κ1) is 20.7. The highest BCUT2D eigenvalue weighted by Crippen LogP contribution is 2.35. The number of hydrogen-bond acceptors (Lipinski definition) is 8. The summed E-state index contributed by atoms with van der Waals surface area (Å²) in [6, 6.07) is 11.7. The number of ether oxygens (including phenoxy) is 1. The van der Waals surface area contributed by atoms with Gasteiger partial charge in [0.1, 0.15) is 10.6 Å². The summed E-state index contributed by atoms with van der Waals surface area (Å²) in [7, 11) is -2.73. The number of aromatic nitrogens is 1.